The molecule has 0 rings (SSSR count). The Bertz CT molecular complexity index is 337. The van der Waals surface area contributed by atoms with Gasteiger partial charge in [0.1, 0.15) is 6.07 Å². The molecule has 0 aliphatic heterocycles. The van der Waals surface area contributed by atoms with Crippen molar-refractivity contribution in [3.8, 4) is 6.07 Å². The van der Waals surface area contributed by atoms with Crippen LogP contribution in [0, 0.1) is 11.3 Å². The summed E-state index contributed by atoms with van der Waals surface area (Å²) in [4.78, 5) is 23.7. The maximum Gasteiger partial charge on any atom is 0.306 e. The van der Waals surface area contributed by atoms with E-state index in [4.69, 9.17) is 5.26 Å². The van der Waals surface area contributed by atoms with Crippen LogP contribution in [0.5, 0.6) is 0 Å². The molecule has 0 aromatic heterocycles. The van der Waals surface area contributed by atoms with Crippen molar-refractivity contribution < 1.29 is 14.3 Å². The lowest BCUT2D eigenvalue weighted by molar-refractivity contribution is -0.142. The summed E-state index contributed by atoms with van der Waals surface area (Å²) in [6, 6.07) is 1.74. The number of esters is 1. The van der Waals surface area contributed by atoms with E-state index in [9.17, 15) is 9.59 Å². The Morgan fingerprint density at radius 2 is 2.10 bits per heavy atom. The summed E-state index contributed by atoms with van der Waals surface area (Å²) in [5.74, 6) is 0.467. The van der Waals surface area contributed by atoms with Crippen LogP contribution in [-0.2, 0) is 14.3 Å². The van der Waals surface area contributed by atoms with E-state index < -0.39 is 5.97 Å². The third kappa shape index (κ3) is 12.2. The van der Waals surface area contributed by atoms with Crippen molar-refractivity contribution in [1.29, 1.82) is 5.26 Å². The molecule has 20 heavy (non-hydrogen) atoms. The first-order chi connectivity index (χ1) is 9.39. The van der Waals surface area contributed by atoms with Crippen LogP contribution in [0.15, 0.2) is 0 Å². The third-order valence-electron chi connectivity index (χ3n) is 2.04. The molecule has 0 aromatic carbocycles. The molecule has 0 bridgehead atoms. The second kappa shape index (κ2) is 10.9. The second-order valence-corrected chi connectivity index (χ2v) is 8.32. The first-order valence-corrected chi connectivity index (χ1v) is 8.73. The lowest BCUT2D eigenvalue weighted by Crippen LogP contribution is -2.26. The quantitative estimate of drug-likeness (QED) is 0.267. The highest BCUT2D eigenvalue weighted by molar-refractivity contribution is 8.77. The molecule has 0 aliphatic rings. The van der Waals surface area contributed by atoms with Crippen LogP contribution in [0.3, 0.4) is 0 Å². The standard InChI is InChI=1S/C13H22N2O3S2/c1-13(2,3)20-19-10-8-15(11-16)7-4-5-12(17)18-9-6-14/h11H,4-5,7-10H2,1-3H3. The summed E-state index contributed by atoms with van der Waals surface area (Å²) < 4.78 is 4.84. The van der Waals surface area contributed by atoms with Gasteiger partial charge in [-0.2, -0.15) is 5.26 Å². The van der Waals surface area contributed by atoms with Crippen LogP contribution in [-0.4, -0.2) is 47.5 Å². The van der Waals surface area contributed by atoms with Gasteiger partial charge >= 0.3 is 5.97 Å². The number of carbonyl (C=O) groups excluding carboxylic acids is 2. The first kappa shape index (κ1) is 19.1. The molecule has 0 heterocycles. The van der Waals surface area contributed by atoms with Gasteiger partial charge in [0.25, 0.3) is 0 Å². The molecule has 0 unspecified atom stereocenters. The lowest BCUT2D eigenvalue weighted by Gasteiger charge is -2.19. The Labute approximate surface area is 128 Å². The van der Waals surface area contributed by atoms with Gasteiger partial charge in [-0.25, -0.2) is 0 Å². The first-order valence-electron chi connectivity index (χ1n) is 6.41. The van der Waals surface area contributed by atoms with E-state index in [2.05, 4.69) is 25.5 Å². The smallest absolute Gasteiger partial charge is 0.306 e. The van der Waals surface area contributed by atoms with Crippen molar-refractivity contribution in [1.82, 2.24) is 4.90 Å². The van der Waals surface area contributed by atoms with Crippen LogP contribution in [0.2, 0.25) is 0 Å². The normalized spacial score (nSPS) is 10.7. The van der Waals surface area contributed by atoms with E-state index >= 15 is 0 Å². The number of carbonyl (C=O) groups is 2. The van der Waals surface area contributed by atoms with Gasteiger partial charge in [-0.3, -0.25) is 9.59 Å². The van der Waals surface area contributed by atoms with Gasteiger partial charge in [-0.15, -0.1) is 0 Å². The molecule has 1 amide bonds. The zero-order valence-corrected chi connectivity index (χ0v) is 13.9. The molecule has 0 atom stereocenters. The summed E-state index contributed by atoms with van der Waals surface area (Å²) >= 11 is 0. The van der Waals surface area contributed by atoms with Crippen molar-refractivity contribution in [3.05, 3.63) is 0 Å². The van der Waals surface area contributed by atoms with Crippen molar-refractivity contribution in [2.24, 2.45) is 0 Å². The van der Waals surface area contributed by atoms with Gasteiger partial charge in [0.15, 0.2) is 6.61 Å². The maximum atomic E-state index is 11.2. The van der Waals surface area contributed by atoms with E-state index in [1.165, 1.54) is 0 Å². The fourth-order valence-corrected chi connectivity index (χ4v) is 3.48. The van der Waals surface area contributed by atoms with Crippen molar-refractivity contribution in [2.75, 3.05) is 25.4 Å². The monoisotopic (exact) mass is 318 g/mol. The van der Waals surface area contributed by atoms with E-state index in [-0.39, 0.29) is 17.8 Å². The van der Waals surface area contributed by atoms with Crippen molar-refractivity contribution in [3.63, 3.8) is 0 Å². The number of hydrogen-bond donors (Lipinski definition) is 0. The fraction of sp³-hybridized carbons (Fsp3) is 0.769. The van der Waals surface area contributed by atoms with Crippen molar-refractivity contribution in [2.45, 2.75) is 38.4 Å². The molecule has 7 heteroatoms. The molecule has 0 N–H and O–H groups in total. The van der Waals surface area contributed by atoms with Crippen LogP contribution < -0.4 is 0 Å². The molecule has 0 saturated heterocycles. The second-order valence-electron chi connectivity index (χ2n) is 5.08. The zero-order valence-electron chi connectivity index (χ0n) is 12.3. The van der Waals surface area contributed by atoms with Gasteiger partial charge < -0.3 is 9.64 Å². The highest BCUT2D eigenvalue weighted by Crippen LogP contribution is 2.34. The highest BCUT2D eigenvalue weighted by atomic mass is 33.1. The van der Waals surface area contributed by atoms with Crippen molar-refractivity contribution >= 4 is 34.0 Å². The minimum atomic E-state index is -0.393. The summed E-state index contributed by atoms with van der Waals surface area (Å²) in [7, 11) is 3.54. The Morgan fingerprint density at radius 3 is 2.65 bits per heavy atom. The molecule has 0 spiro atoms. The van der Waals surface area contributed by atoms with E-state index in [1.807, 2.05) is 0 Å². The van der Waals surface area contributed by atoms with Gasteiger partial charge in [0, 0.05) is 30.0 Å². The predicted octanol–water partition coefficient (Wildman–Crippen LogP) is 2.47. The SMILES string of the molecule is CC(C)(C)SSCCN(C=O)CCCC(=O)OCC#N. The Hall–Kier alpha value is -0.870. The number of rotatable bonds is 10. The summed E-state index contributed by atoms with van der Waals surface area (Å²) in [6.07, 6.45) is 1.60. The number of nitriles is 1. The summed E-state index contributed by atoms with van der Waals surface area (Å²) in [5, 5.41) is 8.26. The number of nitrogens with zero attached hydrogens (tertiary/aromatic N) is 2. The average molecular weight is 318 g/mol. The van der Waals surface area contributed by atoms with E-state index in [0.717, 1.165) is 12.2 Å². The molecule has 0 aliphatic carbocycles. The highest BCUT2D eigenvalue weighted by Gasteiger charge is 2.11. The van der Waals surface area contributed by atoms with E-state index in [1.54, 1.807) is 32.6 Å². The topological polar surface area (TPSA) is 70.4 Å². The minimum absolute atomic E-state index is 0.209. The molecular weight excluding hydrogens is 296 g/mol. The van der Waals surface area contributed by atoms with Crippen LogP contribution >= 0.6 is 21.6 Å². The molecule has 0 radical (unpaired) electrons. The molecule has 5 nitrogen and oxygen atoms in total. The van der Waals surface area contributed by atoms with Crippen LogP contribution in [0.4, 0.5) is 0 Å². The Balaban J connectivity index is 3.69. The number of amides is 1. The summed E-state index contributed by atoms with van der Waals surface area (Å²) in [6.45, 7) is 7.44. The van der Waals surface area contributed by atoms with Crippen LogP contribution in [0.25, 0.3) is 0 Å². The van der Waals surface area contributed by atoms with Gasteiger partial charge in [0.05, 0.1) is 0 Å². The summed E-state index contributed by atoms with van der Waals surface area (Å²) in [5.41, 5.74) is 0. The van der Waals surface area contributed by atoms with Gasteiger partial charge in [-0.1, -0.05) is 42.4 Å². The van der Waals surface area contributed by atoms with Gasteiger partial charge in [0.2, 0.25) is 6.41 Å². The molecular formula is C13H22N2O3S2. The minimum Gasteiger partial charge on any atom is -0.450 e. The average Bonchev–Trinajstić information content (AvgIpc) is 2.37. The van der Waals surface area contributed by atoms with Gasteiger partial charge in [-0.05, 0) is 6.42 Å². The zero-order chi connectivity index (χ0) is 15.4. The molecule has 0 saturated carbocycles. The molecule has 0 aromatic rings. The maximum absolute atomic E-state index is 11.2. The number of hydrogen-bond acceptors (Lipinski definition) is 6. The third-order valence-corrected chi connectivity index (χ3v) is 5.36. The Morgan fingerprint density at radius 1 is 1.40 bits per heavy atom. The van der Waals surface area contributed by atoms with E-state index in [0.29, 0.717) is 19.5 Å². The largest absolute Gasteiger partial charge is 0.450 e. The predicted molar refractivity (Wildman–Crippen MR) is 83.2 cm³/mol. The molecule has 114 valence electrons. The fourth-order valence-electron chi connectivity index (χ4n) is 1.20. The van der Waals surface area contributed by atoms with Crippen LogP contribution in [0.1, 0.15) is 33.6 Å². The number of ether oxygens (including phenoxy) is 1. The molecule has 0 fully saturated rings. The Kier molecular flexibility index (Phi) is 10.4. The lowest BCUT2D eigenvalue weighted by atomic mass is 10.3.